The first-order valence-electron chi connectivity index (χ1n) is 6.67. The van der Waals surface area contributed by atoms with Crippen LogP contribution in [-0.4, -0.2) is 37.6 Å². The summed E-state index contributed by atoms with van der Waals surface area (Å²) in [6.07, 6.45) is 1.80. The first-order valence-corrected chi connectivity index (χ1v) is 8.22. The van der Waals surface area contributed by atoms with Crippen molar-refractivity contribution in [1.29, 1.82) is 0 Å². The molecule has 120 valence electrons. The first kappa shape index (κ1) is 16.3. The van der Waals surface area contributed by atoms with Crippen molar-refractivity contribution in [3.63, 3.8) is 0 Å². The molecule has 1 aromatic carbocycles. The Bertz CT molecular complexity index is 713. The number of hydrogen-bond acceptors (Lipinski definition) is 5. The van der Waals surface area contributed by atoms with E-state index in [1.165, 1.54) is 0 Å². The lowest BCUT2D eigenvalue weighted by Gasteiger charge is -2.23. The number of aromatic nitrogens is 2. The van der Waals surface area contributed by atoms with Crippen LogP contribution in [0.4, 0.5) is 9.57 Å². The summed E-state index contributed by atoms with van der Waals surface area (Å²) < 4.78 is 41.2. The van der Waals surface area contributed by atoms with Crippen LogP contribution in [0, 0.1) is 0 Å². The van der Waals surface area contributed by atoms with E-state index in [-0.39, 0.29) is 6.54 Å². The lowest BCUT2D eigenvalue weighted by Crippen LogP contribution is -2.28. The highest BCUT2D eigenvalue weighted by atomic mass is 32.3. The SMILES string of the molecule is COc1ccc(N(CCS(=O)(=O)F)Cc2ccn(C)n2)cc1. The zero-order valence-electron chi connectivity index (χ0n) is 12.4. The molecule has 0 N–H and O–H groups in total. The third kappa shape index (κ3) is 4.73. The molecule has 0 saturated carbocycles. The van der Waals surface area contributed by atoms with Gasteiger partial charge in [0.1, 0.15) is 5.75 Å². The molecule has 0 aliphatic rings. The number of rotatable bonds is 7. The van der Waals surface area contributed by atoms with Gasteiger partial charge in [-0.05, 0) is 30.3 Å². The topological polar surface area (TPSA) is 64.4 Å². The summed E-state index contributed by atoms with van der Waals surface area (Å²) in [5.74, 6) is 0.130. The van der Waals surface area contributed by atoms with Crippen molar-refractivity contribution >= 4 is 15.9 Å². The van der Waals surface area contributed by atoms with Gasteiger partial charge in [0.05, 0.1) is 25.1 Å². The molecule has 0 radical (unpaired) electrons. The minimum Gasteiger partial charge on any atom is -0.497 e. The van der Waals surface area contributed by atoms with E-state index in [1.54, 1.807) is 54.2 Å². The van der Waals surface area contributed by atoms with Crippen LogP contribution >= 0.6 is 0 Å². The Hall–Kier alpha value is -2.09. The van der Waals surface area contributed by atoms with Crippen LogP contribution in [0.25, 0.3) is 0 Å². The van der Waals surface area contributed by atoms with E-state index >= 15 is 0 Å². The third-order valence-electron chi connectivity index (χ3n) is 3.16. The van der Waals surface area contributed by atoms with Crippen LogP contribution in [0.15, 0.2) is 36.5 Å². The zero-order chi connectivity index (χ0) is 16.2. The lowest BCUT2D eigenvalue weighted by molar-refractivity contribution is 0.415. The van der Waals surface area contributed by atoms with Crippen LogP contribution in [-0.2, 0) is 23.8 Å². The van der Waals surface area contributed by atoms with Gasteiger partial charge in [-0.3, -0.25) is 4.68 Å². The van der Waals surface area contributed by atoms with Crippen molar-refractivity contribution in [1.82, 2.24) is 9.78 Å². The number of ether oxygens (including phenoxy) is 1. The van der Waals surface area contributed by atoms with Gasteiger partial charge in [-0.25, -0.2) is 0 Å². The Balaban J connectivity index is 2.19. The van der Waals surface area contributed by atoms with E-state index in [2.05, 4.69) is 5.10 Å². The number of benzene rings is 1. The molecule has 0 unspecified atom stereocenters. The van der Waals surface area contributed by atoms with Crippen molar-refractivity contribution in [2.75, 3.05) is 24.3 Å². The maximum absolute atomic E-state index is 12.8. The molecule has 0 amide bonds. The van der Waals surface area contributed by atoms with Crippen LogP contribution in [0.1, 0.15) is 5.69 Å². The van der Waals surface area contributed by atoms with Gasteiger partial charge in [-0.15, -0.1) is 3.89 Å². The van der Waals surface area contributed by atoms with Crippen LogP contribution in [0.3, 0.4) is 0 Å². The molecule has 0 bridgehead atoms. The molecular weight excluding hydrogens is 309 g/mol. The maximum Gasteiger partial charge on any atom is 0.304 e. The summed E-state index contributed by atoms with van der Waals surface area (Å²) in [6, 6.07) is 8.97. The summed E-state index contributed by atoms with van der Waals surface area (Å²) in [6.45, 7) is 0.435. The van der Waals surface area contributed by atoms with Crippen LogP contribution in [0.2, 0.25) is 0 Å². The fraction of sp³-hybridized carbons (Fsp3) is 0.357. The minimum atomic E-state index is -4.52. The molecule has 0 fully saturated rings. The standard InChI is InChI=1S/C14H18FN3O3S/c1-17-8-7-12(16-17)11-18(9-10-22(15,19)20)13-3-5-14(21-2)6-4-13/h3-8H,9-11H2,1-2H3. The van der Waals surface area contributed by atoms with Gasteiger partial charge in [-0.1, -0.05) is 0 Å². The van der Waals surface area contributed by atoms with Gasteiger partial charge in [-0.2, -0.15) is 13.5 Å². The quantitative estimate of drug-likeness (QED) is 0.725. The second-order valence-electron chi connectivity index (χ2n) is 4.84. The molecule has 0 aliphatic heterocycles. The molecule has 1 aromatic heterocycles. The highest BCUT2D eigenvalue weighted by molar-refractivity contribution is 7.86. The molecule has 0 saturated heterocycles. The first-order chi connectivity index (χ1) is 10.4. The van der Waals surface area contributed by atoms with E-state index in [4.69, 9.17) is 4.74 Å². The van der Waals surface area contributed by atoms with Crippen molar-refractivity contribution in [3.8, 4) is 5.75 Å². The van der Waals surface area contributed by atoms with Gasteiger partial charge in [0.15, 0.2) is 0 Å². The van der Waals surface area contributed by atoms with Crippen LogP contribution in [0.5, 0.6) is 5.75 Å². The summed E-state index contributed by atoms with van der Waals surface area (Å²) in [7, 11) is -1.15. The average molecular weight is 327 g/mol. The Kier molecular flexibility index (Phi) is 5.02. The van der Waals surface area contributed by atoms with Gasteiger partial charge >= 0.3 is 10.2 Å². The average Bonchev–Trinajstić information content (AvgIpc) is 2.88. The molecule has 0 spiro atoms. The van der Waals surface area contributed by atoms with Crippen molar-refractivity contribution in [2.45, 2.75) is 6.54 Å². The number of aryl methyl sites for hydroxylation is 1. The van der Waals surface area contributed by atoms with Crippen LogP contribution < -0.4 is 9.64 Å². The fourth-order valence-corrected chi connectivity index (χ4v) is 2.49. The second kappa shape index (κ2) is 6.78. The molecule has 2 aromatic rings. The molecule has 1 heterocycles. The second-order valence-corrected chi connectivity index (χ2v) is 6.33. The lowest BCUT2D eigenvalue weighted by atomic mass is 10.2. The Morgan fingerprint density at radius 1 is 1.27 bits per heavy atom. The fourth-order valence-electron chi connectivity index (χ4n) is 2.05. The summed E-state index contributed by atoms with van der Waals surface area (Å²) in [5, 5.41) is 4.26. The summed E-state index contributed by atoms with van der Waals surface area (Å²) in [4.78, 5) is 1.76. The molecule has 22 heavy (non-hydrogen) atoms. The monoisotopic (exact) mass is 327 g/mol. The number of anilines is 1. The van der Waals surface area contributed by atoms with Gasteiger partial charge in [0.2, 0.25) is 0 Å². The number of halogens is 1. The molecule has 6 nitrogen and oxygen atoms in total. The summed E-state index contributed by atoms with van der Waals surface area (Å²) in [5.41, 5.74) is 1.55. The van der Waals surface area contributed by atoms with E-state index in [0.29, 0.717) is 12.3 Å². The number of hydrogen-bond donors (Lipinski definition) is 0. The number of methoxy groups -OCH3 is 1. The normalized spacial score (nSPS) is 11.4. The highest BCUT2D eigenvalue weighted by Crippen LogP contribution is 2.21. The molecule has 8 heteroatoms. The molecule has 2 rings (SSSR count). The third-order valence-corrected chi connectivity index (χ3v) is 3.83. The van der Waals surface area contributed by atoms with Crippen molar-refractivity contribution < 1.29 is 17.0 Å². The largest absolute Gasteiger partial charge is 0.497 e. The van der Waals surface area contributed by atoms with Gasteiger partial charge in [0, 0.05) is 25.5 Å². The highest BCUT2D eigenvalue weighted by Gasteiger charge is 2.14. The minimum absolute atomic E-state index is 0.0434. The predicted octanol–water partition coefficient (Wildman–Crippen LogP) is 1.73. The zero-order valence-corrected chi connectivity index (χ0v) is 13.3. The molecular formula is C14H18FN3O3S. The maximum atomic E-state index is 12.8. The van der Waals surface area contributed by atoms with E-state index in [9.17, 15) is 12.3 Å². The van der Waals surface area contributed by atoms with E-state index < -0.39 is 16.0 Å². The Morgan fingerprint density at radius 2 is 1.95 bits per heavy atom. The molecule has 0 atom stereocenters. The summed E-state index contributed by atoms with van der Waals surface area (Å²) >= 11 is 0. The van der Waals surface area contributed by atoms with Crippen molar-refractivity contribution in [2.24, 2.45) is 7.05 Å². The number of nitrogens with zero attached hydrogens (tertiary/aromatic N) is 3. The van der Waals surface area contributed by atoms with Gasteiger partial charge in [0.25, 0.3) is 0 Å². The smallest absolute Gasteiger partial charge is 0.304 e. The van der Waals surface area contributed by atoms with Crippen molar-refractivity contribution in [3.05, 3.63) is 42.2 Å². The molecule has 0 aliphatic carbocycles. The van der Waals surface area contributed by atoms with E-state index in [1.807, 2.05) is 6.07 Å². The van der Waals surface area contributed by atoms with Gasteiger partial charge < -0.3 is 9.64 Å². The Labute approximate surface area is 129 Å². The van der Waals surface area contributed by atoms with E-state index in [0.717, 1.165) is 11.4 Å². The Morgan fingerprint density at radius 3 is 2.45 bits per heavy atom. The predicted molar refractivity (Wildman–Crippen MR) is 82.1 cm³/mol.